The summed E-state index contributed by atoms with van der Waals surface area (Å²) in [4.78, 5) is 5.81. The Morgan fingerprint density at radius 1 is 1.16 bits per heavy atom. The number of rotatable bonds is 8. The van der Waals surface area contributed by atoms with E-state index in [1.54, 1.807) is 0 Å². The van der Waals surface area contributed by atoms with Crippen LogP contribution in [0.15, 0.2) is 54.7 Å². The molecular weight excluding hydrogens is 308 g/mol. The molecule has 0 aliphatic carbocycles. The first kappa shape index (κ1) is 17.1. The molecule has 1 N–H and O–H groups in total. The second-order valence-corrected chi connectivity index (χ2v) is 6.12. The number of benzene rings is 2. The number of nitrogens with zero attached hydrogens (tertiary/aromatic N) is 1. The molecule has 0 aliphatic rings. The highest BCUT2D eigenvalue weighted by atomic mass is 16.5. The highest BCUT2D eigenvalue weighted by Gasteiger charge is 2.09. The molecule has 0 fully saturated rings. The van der Waals surface area contributed by atoms with E-state index in [4.69, 9.17) is 11.2 Å². The monoisotopic (exact) mass is 332 g/mol. The smallest absolute Gasteiger partial charge is 0.148 e. The molecule has 0 saturated heterocycles. The summed E-state index contributed by atoms with van der Waals surface area (Å²) in [6, 6.07) is 16.7. The zero-order valence-corrected chi connectivity index (χ0v) is 14.7. The average molecular weight is 332 g/mol. The lowest BCUT2D eigenvalue weighted by molar-refractivity contribution is 0.284. The second kappa shape index (κ2) is 8.41. The van der Waals surface area contributed by atoms with Gasteiger partial charge in [0.15, 0.2) is 0 Å². The van der Waals surface area contributed by atoms with Crippen LogP contribution in [-0.4, -0.2) is 29.6 Å². The van der Waals surface area contributed by atoms with Gasteiger partial charge in [0.05, 0.1) is 0 Å². The molecule has 0 spiro atoms. The molecule has 3 nitrogen and oxygen atoms in total. The quantitative estimate of drug-likeness (QED) is 0.625. The fourth-order valence-corrected chi connectivity index (χ4v) is 3.05. The van der Waals surface area contributed by atoms with Gasteiger partial charge in [-0.2, -0.15) is 0 Å². The van der Waals surface area contributed by atoms with Gasteiger partial charge in [-0.05, 0) is 42.3 Å². The largest absolute Gasteiger partial charge is 0.481 e. The van der Waals surface area contributed by atoms with Gasteiger partial charge in [-0.15, -0.1) is 6.42 Å². The summed E-state index contributed by atoms with van der Waals surface area (Å²) in [5.41, 5.74) is 3.80. The number of fused-ring (bicyclic) bond motifs is 1. The Kier molecular flexibility index (Phi) is 5.77. The van der Waals surface area contributed by atoms with Gasteiger partial charge in [0, 0.05) is 30.2 Å². The van der Waals surface area contributed by atoms with E-state index in [0.717, 1.165) is 37.3 Å². The number of ether oxygens (including phenoxy) is 1. The SMILES string of the molecule is C#CCOc1ccc2[nH]cc(CCN(CC)Cc3ccccc3)c2c1. The lowest BCUT2D eigenvalue weighted by Crippen LogP contribution is -2.25. The van der Waals surface area contributed by atoms with E-state index in [2.05, 4.69) is 65.3 Å². The minimum absolute atomic E-state index is 0.298. The summed E-state index contributed by atoms with van der Waals surface area (Å²) in [6.45, 7) is 5.55. The fraction of sp³-hybridized carbons (Fsp3) is 0.273. The van der Waals surface area contributed by atoms with E-state index in [9.17, 15) is 0 Å². The minimum atomic E-state index is 0.298. The molecule has 128 valence electrons. The van der Waals surface area contributed by atoms with Gasteiger partial charge >= 0.3 is 0 Å². The molecule has 0 amide bonds. The van der Waals surface area contributed by atoms with Crippen LogP contribution < -0.4 is 4.74 Å². The van der Waals surface area contributed by atoms with Crippen molar-refractivity contribution in [3.63, 3.8) is 0 Å². The van der Waals surface area contributed by atoms with E-state index >= 15 is 0 Å². The molecule has 1 aromatic heterocycles. The topological polar surface area (TPSA) is 28.3 Å². The van der Waals surface area contributed by atoms with Gasteiger partial charge in [-0.1, -0.05) is 43.2 Å². The zero-order chi connectivity index (χ0) is 17.5. The second-order valence-electron chi connectivity index (χ2n) is 6.12. The molecule has 0 saturated carbocycles. The summed E-state index contributed by atoms with van der Waals surface area (Å²) >= 11 is 0. The standard InChI is InChI=1S/C22H24N2O/c1-3-14-25-20-10-11-22-21(15-20)19(16-23-22)12-13-24(4-2)17-18-8-6-5-7-9-18/h1,5-11,15-16,23H,4,12-14,17H2,2H3. The van der Waals surface area contributed by atoms with Crippen molar-refractivity contribution >= 4 is 10.9 Å². The highest BCUT2D eigenvalue weighted by molar-refractivity contribution is 5.84. The van der Waals surface area contributed by atoms with Crippen LogP contribution in [0, 0.1) is 12.3 Å². The number of hydrogen-bond donors (Lipinski definition) is 1. The van der Waals surface area contributed by atoms with E-state index in [1.165, 1.54) is 16.5 Å². The lowest BCUT2D eigenvalue weighted by atomic mass is 10.1. The van der Waals surface area contributed by atoms with Crippen molar-refractivity contribution in [2.24, 2.45) is 0 Å². The van der Waals surface area contributed by atoms with Crippen molar-refractivity contribution in [1.82, 2.24) is 9.88 Å². The predicted molar refractivity (Wildman–Crippen MR) is 104 cm³/mol. The van der Waals surface area contributed by atoms with Crippen LogP contribution in [0.1, 0.15) is 18.1 Å². The summed E-state index contributed by atoms with van der Waals surface area (Å²) in [5, 5.41) is 1.21. The molecule has 0 aliphatic heterocycles. The van der Waals surface area contributed by atoms with Crippen molar-refractivity contribution in [2.75, 3.05) is 19.7 Å². The van der Waals surface area contributed by atoms with Crippen LogP contribution in [0.5, 0.6) is 5.75 Å². The van der Waals surface area contributed by atoms with Crippen LogP contribution >= 0.6 is 0 Å². The molecule has 0 bridgehead atoms. The van der Waals surface area contributed by atoms with Crippen molar-refractivity contribution in [3.8, 4) is 18.1 Å². The van der Waals surface area contributed by atoms with E-state index < -0.39 is 0 Å². The molecule has 0 atom stereocenters. The van der Waals surface area contributed by atoms with Gasteiger partial charge in [0.1, 0.15) is 12.4 Å². The van der Waals surface area contributed by atoms with Crippen LogP contribution in [-0.2, 0) is 13.0 Å². The van der Waals surface area contributed by atoms with Crippen LogP contribution in [0.4, 0.5) is 0 Å². The number of H-pyrrole nitrogens is 1. The van der Waals surface area contributed by atoms with Crippen LogP contribution in [0.3, 0.4) is 0 Å². The van der Waals surface area contributed by atoms with Crippen molar-refractivity contribution < 1.29 is 4.74 Å². The highest BCUT2D eigenvalue weighted by Crippen LogP contribution is 2.24. The maximum Gasteiger partial charge on any atom is 0.148 e. The molecule has 3 heteroatoms. The zero-order valence-electron chi connectivity index (χ0n) is 14.7. The molecule has 25 heavy (non-hydrogen) atoms. The first-order valence-electron chi connectivity index (χ1n) is 8.72. The molecule has 2 aromatic carbocycles. The number of likely N-dealkylation sites (N-methyl/N-ethyl adjacent to an activating group) is 1. The first-order chi connectivity index (χ1) is 12.3. The summed E-state index contributed by atoms with van der Waals surface area (Å²) in [5.74, 6) is 3.33. The van der Waals surface area contributed by atoms with Crippen molar-refractivity contribution in [3.05, 3.63) is 65.9 Å². The average Bonchev–Trinajstić information content (AvgIpc) is 3.06. The fourth-order valence-electron chi connectivity index (χ4n) is 3.05. The minimum Gasteiger partial charge on any atom is -0.481 e. The first-order valence-corrected chi connectivity index (χ1v) is 8.72. The molecule has 0 unspecified atom stereocenters. The summed E-state index contributed by atoms with van der Waals surface area (Å²) in [6.07, 6.45) is 8.37. The Hall–Kier alpha value is -2.70. The van der Waals surface area contributed by atoms with E-state index in [-0.39, 0.29) is 0 Å². The van der Waals surface area contributed by atoms with Crippen LogP contribution in [0.25, 0.3) is 10.9 Å². The van der Waals surface area contributed by atoms with Gasteiger partial charge < -0.3 is 9.72 Å². The number of nitrogens with one attached hydrogen (secondary N) is 1. The number of hydrogen-bond acceptors (Lipinski definition) is 2. The van der Waals surface area contributed by atoms with Crippen molar-refractivity contribution in [1.29, 1.82) is 0 Å². The summed E-state index contributed by atoms with van der Waals surface area (Å²) < 4.78 is 5.55. The molecule has 1 heterocycles. The van der Waals surface area contributed by atoms with Gasteiger partial charge in [-0.25, -0.2) is 0 Å². The Balaban J connectivity index is 1.68. The molecule has 3 aromatic rings. The maximum absolute atomic E-state index is 5.55. The van der Waals surface area contributed by atoms with Crippen LogP contribution in [0.2, 0.25) is 0 Å². The van der Waals surface area contributed by atoms with Gasteiger partial charge in [-0.3, -0.25) is 4.90 Å². The normalized spacial score (nSPS) is 10.9. The Morgan fingerprint density at radius 2 is 2.00 bits per heavy atom. The number of terminal acetylenes is 1. The predicted octanol–water partition coefficient (Wildman–Crippen LogP) is 4.24. The molecular formula is C22H24N2O. The van der Waals surface area contributed by atoms with Gasteiger partial charge in [0.2, 0.25) is 0 Å². The Morgan fingerprint density at radius 3 is 2.76 bits per heavy atom. The third-order valence-corrected chi connectivity index (χ3v) is 4.45. The van der Waals surface area contributed by atoms with E-state index in [1.807, 2.05) is 12.1 Å². The van der Waals surface area contributed by atoms with Crippen molar-refractivity contribution in [2.45, 2.75) is 19.9 Å². The Labute approximate surface area is 149 Å². The number of aromatic nitrogens is 1. The third kappa shape index (κ3) is 4.43. The molecule has 0 radical (unpaired) electrons. The maximum atomic E-state index is 5.55. The molecule has 3 rings (SSSR count). The number of aromatic amines is 1. The third-order valence-electron chi connectivity index (χ3n) is 4.45. The summed E-state index contributed by atoms with van der Waals surface area (Å²) in [7, 11) is 0. The Bertz CT molecular complexity index is 845. The van der Waals surface area contributed by atoms with Gasteiger partial charge in [0.25, 0.3) is 0 Å². The lowest BCUT2D eigenvalue weighted by Gasteiger charge is -2.20. The van der Waals surface area contributed by atoms with E-state index in [0.29, 0.717) is 6.61 Å².